The van der Waals surface area contributed by atoms with Crippen LogP contribution in [0.1, 0.15) is 35.7 Å². The molecule has 0 unspecified atom stereocenters. The van der Waals surface area contributed by atoms with Gasteiger partial charge in [0.25, 0.3) is 5.91 Å². The molecule has 0 radical (unpaired) electrons. The highest BCUT2D eigenvalue weighted by atomic mass is 16.1. The molecule has 1 aromatic heterocycles. The van der Waals surface area contributed by atoms with Crippen LogP contribution in [0.4, 0.5) is 5.82 Å². The monoisotopic (exact) mass is 297 g/mol. The number of pyridine rings is 1. The maximum Gasteiger partial charge on any atom is 0.252 e. The Kier molecular flexibility index (Phi) is 6.42. The molecule has 4 heteroatoms. The lowest BCUT2D eigenvalue weighted by molar-refractivity contribution is 0.0954. The van der Waals surface area contributed by atoms with Gasteiger partial charge in [-0.15, -0.1) is 0 Å². The van der Waals surface area contributed by atoms with Crippen molar-refractivity contribution in [3.8, 4) is 0 Å². The van der Waals surface area contributed by atoms with E-state index >= 15 is 0 Å². The Balaban J connectivity index is 1.77. The summed E-state index contributed by atoms with van der Waals surface area (Å²) in [6, 6.07) is 13.8. The number of hydrogen-bond acceptors (Lipinski definition) is 3. The summed E-state index contributed by atoms with van der Waals surface area (Å²) in [6.07, 6.45) is 4.71. The van der Waals surface area contributed by atoms with E-state index in [2.05, 4.69) is 34.7 Å². The highest BCUT2D eigenvalue weighted by Crippen LogP contribution is 2.06. The van der Waals surface area contributed by atoms with Crippen LogP contribution in [0.2, 0.25) is 0 Å². The lowest BCUT2D eigenvalue weighted by Crippen LogP contribution is -2.25. The van der Waals surface area contributed by atoms with Crippen LogP contribution in [-0.2, 0) is 6.42 Å². The topological polar surface area (TPSA) is 54.0 Å². The zero-order chi connectivity index (χ0) is 15.6. The predicted molar refractivity (Wildman–Crippen MR) is 90.1 cm³/mol. The number of nitrogens with one attached hydrogen (secondary N) is 2. The SMILES string of the molecule is CCCCNc1ccc(C(=O)NCCc2ccccc2)cn1. The number of anilines is 1. The first-order chi connectivity index (χ1) is 10.8. The van der Waals surface area contributed by atoms with Gasteiger partial charge in [-0.3, -0.25) is 4.79 Å². The van der Waals surface area contributed by atoms with Gasteiger partial charge in [-0.25, -0.2) is 4.98 Å². The molecule has 0 spiro atoms. The van der Waals surface area contributed by atoms with E-state index < -0.39 is 0 Å². The number of carbonyl (C=O) groups is 1. The van der Waals surface area contributed by atoms with Gasteiger partial charge in [0.15, 0.2) is 0 Å². The Morgan fingerprint density at radius 3 is 2.59 bits per heavy atom. The number of nitrogens with zero attached hydrogens (tertiary/aromatic N) is 1. The van der Waals surface area contributed by atoms with Gasteiger partial charge in [0.1, 0.15) is 5.82 Å². The summed E-state index contributed by atoms with van der Waals surface area (Å²) >= 11 is 0. The third-order valence-corrected chi connectivity index (χ3v) is 3.40. The fourth-order valence-electron chi connectivity index (χ4n) is 2.09. The molecule has 1 amide bonds. The van der Waals surface area contributed by atoms with Crippen LogP contribution in [0.5, 0.6) is 0 Å². The van der Waals surface area contributed by atoms with Gasteiger partial charge in [0.05, 0.1) is 5.56 Å². The van der Waals surface area contributed by atoms with Crippen LogP contribution < -0.4 is 10.6 Å². The van der Waals surface area contributed by atoms with Crippen LogP contribution in [0, 0.1) is 0 Å². The van der Waals surface area contributed by atoms with E-state index in [1.54, 1.807) is 12.3 Å². The highest BCUT2D eigenvalue weighted by Gasteiger charge is 2.05. The number of amides is 1. The minimum atomic E-state index is -0.0801. The molecule has 0 saturated carbocycles. The highest BCUT2D eigenvalue weighted by molar-refractivity contribution is 5.94. The Morgan fingerprint density at radius 1 is 1.09 bits per heavy atom. The first kappa shape index (κ1) is 16.0. The summed E-state index contributed by atoms with van der Waals surface area (Å²) in [5, 5.41) is 6.15. The zero-order valence-corrected chi connectivity index (χ0v) is 13.0. The zero-order valence-electron chi connectivity index (χ0n) is 13.0. The number of aromatic nitrogens is 1. The third kappa shape index (κ3) is 5.20. The van der Waals surface area contributed by atoms with Gasteiger partial charge < -0.3 is 10.6 Å². The van der Waals surface area contributed by atoms with Crippen molar-refractivity contribution in [1.29, 1.82) is 0 Å². The molecule has 116 valence electrons. The third-order valence-electron chi connectivity index (χ3n) is 3.40. The average Bonchev–Trinajstić information content (AvgIpc) is 2.56. The molecule has 0 bridgehead atoms. The number of carbonyl (C=O) groups excluding carboxylic acids is 1. The van der Waals surface area contributed by atoms with Crippen LogP contribution in [0.25, 0.3) is 0 Å². The van der Waals surface area contributed by atoms with Crippen molar-refractivity contribution < 1.29 is 4.79 Å². The first-order valence-electron chi connectivity index (χ1n) is 7.81. The minimum absolute atomic E-state index is 0.0801. The van der Waals surface area contributed by atoms with E-state index in [9.17, 15) is 4.79 Å². The summed E-state index contributed by atoms with van der Waals surface area (Å²) in [6.45, 7) is 3.68. The fraction of sp³-hybridized carbons (Fsp3) is 0.333. The lowest BCUT2D eigenvalue weighted by atomic mass is 10.1. The Labute approximate surface area is 132 Å². The minimum Gasteiger partial charge on any atom is -0.370 e. The van der Waals surface area contributed by atoms with Crippen molar-refractivity contribution in [2.45, 2.75) is 26.2 Å². The van der Waals surface area contributed by atoms with Crippen LogP contribution in [-0.4, -0.2) is 24.0 Å². The van der Waals surface area contributed by atoms with Gasteiger partial charge in [-0.2, -0.15) is 0 Å². The molecule has 4 nitrogen and oxygen atoms in total. The molecule has 2 N–H and O–H groups in total. The van der Waals surface area contributed by atoms with Crippen molar-refractivity contribution in [1.82, 2.24) is 10.3 Å². The van der Waals surface area contributed by atoms with Crippen molar-refractivity contribution in [3.63, 3.8) is 0 Å². The summed E-state index contributed by atoms with van der Waals surface area (Å²) in [5.41, 5.74) is 1.81. The Morgan fingerprint density at radius 2 is 1.91 bits per heavy atom. The Bertz CT molecular complexity index is 567. The molecule has 2 aromatic rings. The summed E-state index contributed by atoms with van der Waals surface area (Å²) < 4.78 is 0. The van der Waals surface area contributed by atoms with Crippen LogP contribution in [0.15, 0.2) is 48.7 Å². The number of rotatable bonds is 8. The second-order valence-electron chi connectivity index (χ2n) is 5.20. The summed E-state index contributed by atoms with van der Waals surface area (Å²) in [7, 11) is 0. The summed E-state index contributed by atoms with van der Waals surface area (Å²) in [4.78, 5) is 16.3. The van der Waals surface area contributed by atoms with Crippen molar-refractivity contribution in [3.05, 3.63) is 59.8 Å². The van der Waals surface area contributed by atoms with E-state index in [0.717, 1.165) is 31.6 Å². The predicted octanol–water partition coefficient (Wildman–Crippen LogP) is 3.27. The molecule has 0 aliphatic rings. The quantitative estimate of drug-likeness (QED) is 0.735. The van der Waals surface area contributed by atoms with E-state index in [1.807, 2.05) is 24.3 Å². The fourth-order valence-corrected chi connectivity index (χ4v) is 2.09. The maximum absolute atomic E-state index is 12.0. The largest absolute Gasteiger partial charge is 0.370 e. The molecule has 0 saturated heterocycles. The molecular formula is C18H23N3O. The smallest absolute Gasteiger partial charge is 0.252 e. The molecule has 22 heavy (non-hydrogen) atoms. The molecule has 0 fully saturated rings. The molecule has 0 aliphatic heterocycles. The van der Waals surface area contributed by atoms with Crippen molar-refractivity contribution in [2.75, 3.05) is 18.4 Å². The average molecular weight is 297 g/mol. The molecular weight excluding hydrogens is 274 g/mol. The molecule has 0 aliphatic carbocycles. The molecule has 2 rings (SSSR count). The van der Waals surface area contributed by atoms with Gasteiger partial charge in [-0.05, 0) is 30.5 Å². The van der Waals surface area contributed by atoms with E-state index in [0.29, 0.717) is 12.1 Å². The van der Waals surface area contributed by atoms with Crippen LogP contribution in [0.3, 0.4) is 0 Å². The first-order valence-corrected chi connectivity index (χ1v) is 7.81. The van der Waals surface area contributed by atoms with Crippen molar-refractivity contribution in [2.24, 2.45) is 0 Å². The number of benzene rings is 1. The summed E-state index contributed by atoms with van der Waals surface area (Å²) in [5.74, 6) is 0.734. The van der Waals surface area contributed by atoms with Crippen LogP contribution >= 0.6 is 0 Å². The van der Waals surface area contributed by atoms with E-state index in [1.165, 1.54) is 5.56 Å². The van der Waals surface area contributed by atoms with Gasteiger partial charge in [0, 0.05) is 19.3 Å². The normalized spacial score (nSPS) is 10.2. The van der Waals surface area contributed by atoms with Gasteiger partial charge in [0.2, 0.25) is 0 Å². The lowest BCUT2D eigenvalue weighted by Gasteiger charge is -2.07. The second kappa shape index (κ2) is 8.82. The maximum atomic E-state index is 12.0. The Hall–Kier alpha value is -2.36. The number of unbranched alkanes of at least 4 members (excludes halogenated alkanes) is 1. The second-order valence-corrected chi connectivity index (χ2v) is 5.20. The van der Waals surface area contributed by atoms with Gasteiger partial charge in [-0.1, -0.05) is 43.7 Å². The molecule has 0 atom stereocenters. The van der Waals surface area contributed by atoms with Gasteiger partial charge >= 0.3 is 0 Å². The molecule has 1 heterocycles. The standard InChI is InChI=1S/C18H23N3O/c1-2-3-12-19-17-10-9-16(14-21-17)18(22)20-13-11-15-7-5-4-6-8-15/h4-10,14H,2-3,11-13H2,1H3,(H,19,21)(H,20,22). The van der Waals surface area contributed by atoms with Crippen molar-refractivity contribution >= 4 is 11.7 Å². The number of hydrogen-bond donors (Lipinski definition) is 2. The van der Waals surface area contributed by atoms with E-state index in [-0.39, 0.29) is 5.91 Å². The molecule has 1 aromatic carbocycles. The van der Waals surface area contributed by atoms with E-state index in [4.69, 9.17) is 0 Å².